The molecule has 0 unspecified atom stereocenters. The van der Waals surface area contributed by atoms with E-state index in [0.717, 1.165) is 5.92 Å². The molecule has 0 atom stereocenters. The molecule has 0 bridgehead atoms. The van der Waals surface area contributed by atoms with E-state index in [2.05, 4.69) is 82.2 Å². The summed E-state index contributed by atoms with van der Waals surface area (Å²) in [4.78, 5) is 0. The molecular formula is C10H15Br4ORu. The molecule has 0 aromatic rings. The third kappa shape index (κ3) is 6.61. The Kier molecular flexibility index (Phi) is 9.18. The van der Waals surface area contributed by atoms with E-state index >= 15 is 0 Å². The maximum atomic E-state index is 9.04. The van der Waals surface area contributed by atoms with E-state index in [1.807, 2.05) is 0 Å². The zero-order valence-corrected chi connectivity index (χ0v) is 17.6. The summed E-state index contributed by atoms with van der Waals surface area (Å²) in [5.41, 5.74) is 0. The van der Waals surface area contributed by atoms with Crippen molar-refractivity contribution in [3.63, 3.8) is 0 Å². The monoisotopic (exact) mass is 569 g/mol. The molecule has 97 valence electrons. The van der Waals surface area contributed by atoms with Gasteiger partial charge in [-0.1, -0.05) is 27.7 Å². The summed E-state index contributed by atoms with van der Waals surface area (Å²) in [6.45, 7) is 6.92. The number of halogens is 4. The second-order valence-corrected chi connectivity index (χ2v) is 51.5. The molecule has 0 aromatic carbocycles. The molecule has 1 aliphatic carbocycles. The fraction of sp³-hybridized carbons (Fsp3) is 0.500. The molecule has 16 heavy (non-hydrogen) atoms. The zero-order valence-electron chi connectivity index (χ0n) is 9.52. The Morgan fingerprint density at radius 2 is 1.06 bits per heavy atom. The molecule has 1 aliphatic rings. The van der Waals surface area contributed by atoms with Gasteiger partial charge in [0, 0.05) is 5.92 Å². The summed E-state index contributed by atoms with van der Waals surface area (Å²) < 4.78 is 0. The van der Waals surface area contributed by atoms with Crippen molar-refractivity contribution in [1.82, 2.24) is 0 Å². The van der Waals surface area contributed by atoms with Gasteiger partial charge < -0.3 is 5.11 Å². The molecule has 0 amide bonds. The quantitative estimate of drug-likeness (QED) is 0.422. The summed E-state index contributed by atoms with van der Waals surface area (Å²) in [5.74, 6) is 6.27. The predicted octanol–water partition coefficient (Wildman–Crippen LogP) is 5.32. The molecule has 0 heterocycles. The Morgan fingerprint density at radius 1 is 0.812 bits per heavy atom. The Hall–Kier alpha value is 2.50. The van der Waals surface area contributed by atoms with Gasteiger partial charge in [0.05, 0.1) is 6.61 Å². The molecule has 1 fully saturated rings. The number of hydrogen-bond donors (Lipinski definition) is 1. The Balaban J connectivity index is 0.000000385. The predicted molar refractivity (Wildman–Crippen MR) is 81.7 cm³/mol. The maximum absolute atomic E-state index is 9.04. The van der Waals surface area contributed by atoms with Gasteiger partial charge in [0.2, 0.25) is 0 Å². The molecule has 1 saturated carbocycles. The number of aliphatic hydroxyl groups excluding tert-OH is 1. The first-order valence-corrected chi connectivity index (χ1v) is 20.4. The van der Waals surface area contributed by atoms with Crippen LogP contribution in [0.5, 0.6) is 0 Å². The SMILES string of the molecule is C[C]1[C](C)[C](C)[C](CO)[C]1C.[Br][Ru]([Br])([Br])[Br]. The molecule has 0 saturated heterocycles. The van der Waals surface area contributed by atoms with E-state index in [9.17, 15) is 0 Å². The first kappa shape index (κ1) is 18.5. The average Bonchev–Trinajstić information content (AvgIpc) is 2.29. The zero-order chi connectivity index (χ0) is 13.1. The van der Waals surface area contributed by atoms with Gasteiger partial charge in [0.15, 0.2) is 0 Å². The minimum atomic E-state index is -1.61. The van der Waals surface area contributed by atoms with Crippen molar-refractivity contribution in [1.29, 1.82) is 0 Å². The van der Waals surface area contributed by atoms with Crippen LogP contribution in [0.3, 0.4) is 0 Å². The van der Waals surface area contributed by atoms with Gasteiger partial charge in [-0.2, -0.15) is 0 Å². The van der Waals surface area contributed by atoms with Crippen molar-refractivity contribution in [3.8, 4) is 0 Å². The van der Waals surface area contributed by atoms with Crippen molar-refractivity contribution < 1.29 is 12.0 Å². The molecular weight excluding hydrogens is 557 g/mol. The van der Waals surface area contributed by atoms with E-state index < -0.39 is 6.94 Å². The number of rotatable bonds is 1. The van der Waals surface area contributed by atoms with Crippen LogP contribution in [0.15, 0.2) is 0 Å². The third-order valence-electron chi connectivity index (χ3n) is 2.75. The van der Waals surface area contributed by atoms with Crippen LogP contribution in [-0.4, -0.2) is 11.7 Å². The second kappa shape index (κ2) is 7.94. The Morgan fingerprint density at radius 3 is 1.19 bits per heavy atom. The summed E-state index contributed by atoms with van der Waals surface area (Å²) in [7, 11) is 0. The Labute approximate surface area is 129 Å². The second-order valence-electron chi connectivity index (χ2n) is 3.44. The van der Waals surface area contributed by atoms with Crippen molar-refractivity contribution in [2.75, 3.05) is 6.61 Å². The third-order valence-corrected chi connectivity index (χ3v) is 2.75. The Bertz CT molecular complexity index is 189. The van der Waals surface area contributed by atoms with Crippen LogP contribution in [0.2, 0.25) is 0 Å². The van der Waals surface area contributed by atoms with Crippen LogP contribution < -0.4 is 0 Å². The summed E-state index contributed by atoms with van der Waals surface area (Å²) in [6, 6.07) is 0. The van der Waals surface area contributed by atoms with Gasteiger partial charge in [0.1, 0.15) is 0 Å². The van der Waals surface area contributed by atoms with E-state index in [1.54, 1.807) is 0 Å². The van der Waals surface area contributed by atoms with Crippen molar-refractivity contribution in [3.05, 3.63) is 29.6 Å². The number of aliphatic hydroxyl groups is 1. The topological polar surface area (TPSA) is 20.2 Å². The summed E-state index contributed by atoms with van der Waals surface area (Å²) in [5, 5.41) is 9.04. The fourth-order valence-corrected chi connectivity index (χ4v) is 1.53. The van der Waals surface area contributed by atoms with Gasteiger partial charge >= 0.3 is 61.4 Å². The molecule has 1 nitrogen and oxygen atoms in total. The van der Waals surface area contributed by atoms with Crippen LogP contribution in [-0.2, 0) is 6.94 Å². The summed E-state index contributed by atoms with van der Waals surface area (Å²) in [6.07, 6.45) is 0. The standard InChI is InChI=1S/C10H15O.4BrH.Ru/c1-6-7(2)9(4)10(5-11)8(6)3;;;;;/h11H,5H2,1-4H3;4*1H;/q;;;;;+4/p-4. The van der Waals surface area contributed by atoms with Gasteiger partial charge in [-0.15, -0.1) is 0 Å². The van der Waals surface area contributed by atoms with E-state index in [0.29, 0.717) is 0 Å². The van der Waals surface area contributed by atoms with Crippen LogP contribution >= 0.6 is 54.5 Å². The first-order valence-electron chi connectivity index (χ1n) is 4.45. The number of hydrogen-bond acceptors (Lipinski definition) is 1. The first-order chi connectivity index (χ1) is 7.09. The van der Waals surface area contributed by atoms with E-state index in [-0.39, 0.29) is 6.61 Å². The van der Waals surface area contributed by atoms with Crippen molar-refractivity contribution >= 4 is 54.5 Å². The van der Waals surface area contributed by atoms with Crippen LogP contribution in [0.4, 0.5) is 0 Å². The van der Waals surface area contributed by atoms with Crippen LogP contribution in [0, 0.1) is 29.6 Å². The fourth-order valence-electron chi connectivity index (χ4n) is 1.53. The van der Waals surface area contributed by atoms with Gasteiger partial charge in [-0.25, -0.2) is 0 Å². The van der Waals surface area contributed by atoms with Crippen molar-refractivity contribution in [2.24, 2.45) is 0 Å². The van der Waals surface area contributed by atoms with Crippen LogP contribution in [0.1, 0.15) is 27.7 Å². The molecule has 1 N–H and O–H groups in total. The summed E-state index contributed by atoms with van der Waals surface area (Å²) >= 11 is 13.2. The minimum absolute atomic E-state index is 0.173. The van der Waals surface area contributed by atoms with Gasteiger partial charge in [0.25, 0.3) is 0 Å². The molecule has 5 radical (unpaired) electrons. The molecule has 0 aliphatic heterocycles. The van der Waals surface area contributed by atoms with Crippen LogP contribution in [0.25, 0.3) is 0 Å². The van der Waals surface area contributed by atoms with E-state index in [1.165, 1.54) is 23.7 Å². The van der Waals surface area contributed by atoms with Crippen molar-refractivity contribution in [2.45, 2.75) is 27.7 Å². The normalized spacial score (nSPS) is 23.3. The molecule has 1 rings (SSSR count). The van der Waals surface area contributed by atoms with Gasteiger partial charge in [-0.3, -0.25) is 0 Å². The molecule has 6 heteroatoms. The van der Waals surface area contributed by atoms with Gasteiger partial charge in [-0.05, 0) is 23.7 Å². The molecule has 0 aromatic heterocycles. The average molecular weight is 572 g/mol. The molecule has 0 spiro atoms. The van der Waals surface area contributed by atoms with E-state index in [4.69, 9.17) is 5.11 Å².